The molecule has 8 nitrogen and oxygen atoms in total. The molecule has 2 aromatic rings. The second-order valence-corrected chi connectivity index (χ2v) is 10.3. The minimum atomic E-state index is -0.306. The molecule has 0 amide bonds. The van der Waals surface area contributed by atoms with Crippen molar-refractivity contribution in [1.29, 1.82) is 0 Å². The topological polar surface area (TPSA) is 88.5 Å². The molecule has 2 aromatic carbocycles. The zero-order valence-electron chi connectivity index (χ0n) is 23.7. The van der Waals surface area contributed by atoms with E-state index in [2.05, 4.69) is 45.5 Å². The standard InChI is InChI=1S/C16H21NO3.C15H21NO3/c1-17-11-15(19-2)10-14(17)9-6-12-4-7-13(8-5-12)16(18)20-3;1-16-10-14(17)9-13(16)8-5-11-3-6-12(7-4-11)15(18)19-2/h4-9,14-15H,10-11H2,1-3H3;3-4,6-7,13-14,17H,5,8-10H2,1-2H3/b9-6+;/t14-,15-;13-,14-/m11/s1. The van der Waals surface area contributed by atoms with Crippen LogP contribution in [0.2, 0.25) is 0 Å². The molecule has 4 rings (SSSR count). The number of aryl methyl sites for hydroxylation is 1. The molecule has 2 aliphatic rings. The summed E-state index contributed by atoms with van der Waals surface area (Å²) in [7, 11) is 8.70. The van der Waals surface area contributed by atoms with Crippen LogP contribution >= 0.6 is 0 Å². The van der Waals surface area contributed by atoms with E-state index in [1.165, 1.54) is 19.8 Å². The van der Waals surface area contributed by atoms with Crippen molar-refractivity contribution in [3.05, 3.63) is 76.9 Å². The predicted octanol–water partition coefficient (Wildman–Crippen LogP) is 3.68. The fourth-order valence-electron chi connectivity index (χ4n) is 5.09. The van der Waals surface area contributed by atoms with Gasteiger partial charge in [0, 0.05) is 32.3 Å². The number of carbonyl (C=O) groups is 2. The normalized spacial score (nSPS) is 23.4. The van der Waals surface area contributed by atoms with Gasteiger partial charge in [0.15, 0.2) is 0 Å². The van der Waals surface area contributed by atoms with E-state index in [1.807, 2.05) is 24.3 Å². The second-order valence-electron chi connectivity index (χ2n) is 10.3. The maximum atomic E-state index is 11.3. The zero-order chi connectivity index (χ0) is 28.4. The molecule has 1 N–H and O–H groups in total. The highest BCUT2D eigenvalue weighted by Gasteiger charge is 2.28. The van der Waals surface area contributed by atoms with Crippen LogP contribution in [-0.4, -0.2) is 99.7 Å². The Hall–Kier alpha value is -3.04. The van der Waals surface area contributed by atoms with E-state index in [-0.39, 0.29) is 18.0 Å². The molecule has 2 aliphatic heterocycles. The fraction of sp³-hybridized carbons (Fsp3) is 0.484. The van der Waals surface area contributed by atoms with Gasteiger partial charge in [0.25, 0.3) is 0 Å². The van der Waals surface area contributed by atoms with Crippen LogP contribution in [0.5, 0.6) is 0 Å². The lowest BCUT2D eigenvalue weighted by Gasteiger charge is -2.18. The van der Waals surface area contributed by atoms with E-state index in [9.17, 15) is 14.7 Å². The van der Waals surface area contributed by atoms with Crippen LogP contribution in [0.15, 0.2) is 54.6 Å². The average molecular weight is 539 g/mol. The predicted molar refractivity (Wildman–Crippen MR) is 152 cm³/mol. The van der Waals surface area contributed by atoms with Gasteiger partial charge in [-0.1, -0.05) is 36.4 Å². The molecule has 39 heavy (non-hydrogen) atoms. The summed E-state index contributed by atoms with van der Waals surface area (Å²) < 4.78 is 14.7. The summed E-state index contributed by atoms with van der Waals surface area (Å²) >= 11 is 0. The van der Waals surface area contributed by atoms with Gasteiger partial charge < -0.3 is 24.2 Å². The van der Waals surface area contributed by atoms with E-state index in [0.717, 1.165) is 44.3 Å². The molecule has 2 heterocycles. The maximum Gasteiger partial charge on any atom is 0.337 e. The van der Waals surface area contributed by atoms with Crippen LogP contribution in [0, 0.1) is 0 Å². The first-order valence-corrected chi connectivity index (χ1v) is 13.4. The summed E-state index contributed by atoms with van der Waals surface area (Å²) in [6, 6.07) is 15.8. The van der Waals surface area contributed by atoms with Crippen molar-refractivity contribution in [3.63, 3.8) is 0 Å². The average Bonchev–Trinajstić information content (AvgIpc) is 3.49. The van der Waals surface area contributed by atoms with Crippen LogP contribution < -0.4 is 0 Å². The number of likely N-dealkylation sites (tertiary alicyclic amines) is 2. The number of methoxy groups -OCH3 is 3. The first-order valence-electron chi connectivity index (χ1n) is 13.4. The first-order chi connectivity index (χ1) is 18.7. The monoisotopic (exact) mass is 538 g/mol. The van der Waals surface area contributed by atoms with Crippen molar-refractivity contribution in [1.82, 2.24) is 9.80 Å². The van der Waals surface area contributed by atoms with E-state index in [0.29, 0.717) is 29.3 Å². The maximum absolute atomic E-state index is 11.3. The molecular weight excluding hydrogens is 496 g/mol. The largest absolute Gasteiger partial charge is 0.465 e. The number of ether oxygens (including phenoxy) is 3. The number of rotatable bonds is 8. The fourth-order valence-corrected chi connectivity index (χ4v) is 5.09. The quantitative estimate of drug-likeness (QED) is 0.510. The van der Waals surface area contributed by atoms with Crippen LogP contribution in [0.1, 0.15) is 51.1 Å². The number of hydrogen-bond donors (Lipinski definition) is 1. The molecule has 212 valence electrons. The number of aliphatic hydroxyl groups excluding tert-OH is 1. The highest BCUT2D eigenvalue weighted by atomic mass is 16.5. The van der Waals surface area contributed by atoms with Crippen LogP contribution in [0.4, 0.5) is 0 Å². The van der Waals surface area contributed by atoms with Gasteiger partial charge in [-0.05, 0) is 75.2 Å². The number of aliphatic hydroxyl groups is 1. The Morgan fingerprint density at radius 1 is 0.872 bits per heavy atom. The summed E-state index contributed by atoms with van der Waals surface area (Å²) in [6.45, 7) is 1.73. The molecular formula is C31H42N2O6. The molecule has 0 aromatic heterocycles. The molecule has 0 saturated carbocycles. The minimum absolute atomic E-state index is 0.184. The summed E-state index contributed by atoms with van der Waals surface area (Å²) in [5.74, 6) is -0.607. The van der Waals surface area contributed by atoms with E-state index in [4.69, 9.17) is 4.74 Å². The Labute approximate surface area is 232 Å². The summed E-state index contributed by atoms with van der Waals surface area (Å²) in [4.78, 5) is 27.2. The smallest absolute Gasteiger partial charge is 0.337 e. The van der Waals surface area contributed by atoms with Gasteiger partial charge in [-0.3, -0.25) is 4.90 Å². The lowest BCUT2D eigenvalue weighted by atomic mass is 10.0. The van der Waals surface area contributed by atoms with Crippen LogP contribution in [-0.2, 0) is 20.6 Å². The van der Waals surface area contributed by atoms with E-state index in [1.54, 1.807) is 31.4 Å². The molecule has 2 fully saturated rings. The molecule has 0 spiro atoms. The minimum Gasteiger partial charge on any atom is -0.465 e. The Morgan fingerprint density at radius 2 is 1.46 bits per heavy atom. The van der Waals surface area contributed by atoms with Crippen molar-refractivity contribution >= 4 is 18.0 Å². The molecule has 2 saturated heterocycles. The van der Waals surface area contributed by atoms with Crippen molar-refractivity contribution in [2.45, 2.75) is 50.0 Å². The second kappa shape index (κ2) is 14.9. The van der Waals surface area contributed by atoms with Gasteiger partial charge in [0.05, 0.1) is 37.6 Å². The SMILES string of the molecule is COC(=O)c1ccc(/C=C/[C@@H]2C[C@@H](OC)CN2C)cc1.COC(=O)c1ccc(CC[C@@H]2C[C@@H](O)CN2C)cc1. The molecule has 0 bridgehead atoms. The van der Waals surface area contributed by atoms with Crippen LogP contribution in [0.3, 0.4) is 0 Å². The Balaban J connectivity index is 0.000000216. The van der Waals surface area contributed by atoms with Gasteiger partial charge in [-0.25, -0.2) is 9.59 Å². The molecule has 0 aliphatic carbocycles. The van der Waals surface area contributed by atoms with Crippen molar-refractivity contribution in [3.8, 4) is 0 Å². The number of likely N-dealkylation sites (N-methyl/N-ethyl adjacent to an activating group) is 2. The van der Waals surface area contributed by atoms with E-state index >= 15 is 0 Å². The number of esters is 2. The molecule has 0 radical (unpaired) electrons. The Bertz CT molecular complexity index is 1090. The van der Waals surface area contributed by atoms with Crippen molar-refractivity contribution in [2.24, 2.45) is 0 Å². The summed E-state index contributed by atoms with van der Waals surface area (Å²) in [6.07, 6.45) is 8.27. The van der Waals surface area contributed by atoms with E-state index < -0.39 is 0 Å². The third-order valence-electron chi connectivity index (χ3n) is 7.55. The third kappa shape index (κ3) is 9.00. The zero-order valence-corrected chi connectivity index (χ0v) is 23.7. The summed E-state index contributed by atoms with van der Waals surface area (Å²) in [5.41, 5.74) is 3.44. The number of hydrogen-bond acceptors (Lipinski definition) is 8. The first kappa shape index (κ1) is 30.5. The van der Waals surface area contributed by atoms with Gasteiger partial charge in [-0.15, -0.1) is 0 Å². The lowest BCUT2D eigenvalue weighted by molar-refractivity contribution is 0.0592. The van der Waals surface area contributed by atoms with Crippen molar-refractivity contribution in [2.75, 3.05) is 48.5 Å². The summed E-state index contributed by atoms with van der Waals surface area (Å²) in [5, 5.41) is 9.60. The van der Waals surface area contributed by atoms with Gasteiger partial charge in [0.2, 0.25) is 0 Å². The van der Waals surface area contributed by atoms with Gasteiger partial charge in [-0.2, -0.15) is 0 Å². The van der Waals surface area contributed by atoms with Crippen LogP contribution in [0.25, 0.3) is 6.08 Å². The number of β-amino-alcohol motifs (C(OH)–C–C–N with tert-alkyl or cyclic N) is 1. The number of nitrogens with zero attached hydrogens (tertiary/aromatic N) is 2. The lowest BCUT2D eigenvalue weighted by Crippen LogP contribution is -2.25. The third-order valence-corrected chi connectivity index (χ3v) is 7.55. The Kier molecular flexibility index (Phi) is 11.7. The highest BCUT2D eigenvalue weighted by molar-refractivity contribution is 5.89. The number of carbonyl (C=O) groups excluding carboxylic acids is 2. The number of benzene rings is 2. The Morgan fingerprint density at radius 3 is 1.95 bits per heavy atom. The highest BCUT2D eigenvalue weighted by Crippen LogP contribution is 2.21. The van der Waals surface area contributed by atoms with Crippen molar-refractivity contribution < 1.29 is 28.9 Å². The molecule has 4 atom stereocenters. The van der Waals surface area contributed by atoms with Gasteiger partial charge >= 0.3 is 11.9 Å². The molecule has 0 unspecified atom stereocenters. The van der Waals surface area contributed by atoms with Gasteiger partial charge in [0.1, 0.15) is 0 Å². The molecule has 8 heteroatoms.